The summed E-state index contributed by atoms with van der Waals surface area (Å²) in [5, 5.41) is 2.82. The fraction of sp³-hybridized carbons (Fsp3) is 0.458. The van der Waals surface area contributed by atoms with Crippen molar-refractivity contribution in [3.63, 3.8) is 0 Å². The zero-order chi connectivity index (χ0) is 26.5. The molecule has 0 aliphatic carbocycles. The first-order valence-corrected chi connectivity index (χ1v) is 15.3. The van der Waals surface area contributed by atoms with Gasteiger partial charge in [-0.3, -0.25) is 4.79 Å². The molecule has 0 unspecified atom stereocenters. The molecule has 202 valence electrons. The topological polar surface area (TPSA) is 122 Å². The molecule has 10 nitrogen and oxygen atoms in total. The van der Waals surface area contributed by atoms with Crippen LogP contribution in [0.1, 0.15) is 29.6 Å². The molecule has 2 heterocycles. The third-order valence-corrected chi connectivity index (χ3v) is 10.4. The Kier molecular flexibility index (Phi) is 9.09. The summed E-state index contributed by atoms with van der Waals surface area (Å²) in [6.07, 6.45) is 2.62. The molecular formula is C24H30ClN3O7S2. The van der Waals surface area contributed by atoms with Crippen LogP contribution in [-0.4, -0.2) is 83.9 Å². The second-order valence-electron chi connectivity index (χ2n) is 8.70. The lowest BCUT2D eigenvalue weighted by molar-refractivity contribution is 0.0730. The summed E-state index contributed by atoms with van der Waals surface area (Å²) in [5.74, 6) is -0.0703. The van der Waals surface area contributed by atoms with Gasteiger partial charge in [0, 0.05) is 26.2 Å². The van der Waals surface area contributed by atoms with E-state index in [2.05, 4.69) is 5.32 Å². The van der Waals surface area contributed by atoms with Crippen LogP contribution < -0.4 is 10.1 Å². The molecule has 0 atom stereocenters. The van der Waals surface area contributed by atoms with E-state index in [-0.39, 0.29) is 33.5 Å². The molecule has 2 aliphatic rings. The predicted octanol–water partition coefficient (Wildman–Crippen LogP) is 2.34. The molecule has 0 saturated carbocycles. The molecule has 1 N–H and O–H groups in total. The molecule has 0 bridgehead atoms. The lowest BCUT2D eigenvalue weighted by atomic mass is 10.2. The molecule has 1 amide bonds. The molecule has 0 radical (unpaired) electrons. The minimum atomic E-state index is -3.70. The van der Waals surface area contributed by atoms with Crippen molar-refractivity contribution < 1.29 is 31.1 Å². The first-order chi connectivity index (χ1) is 17.7. The number of carbonyl (C=O) groups excluding carboxylic acids is 1. The predicted molar refractivity (Wildman–Crippen MR) is 138 cm³/mol. The van der Waals surface area contributed by atoms with Gasteiger partial charge in [0.1, 0.15) is 12.4 Å². The molecule has 2 aromatic rings. The number of nitrogens with one attached hydrogen (secondary N) is 1. The van der Waals surface area contributed by atoms with Crippen LogP contribution in [-0.2, 0) is 24.8 Å². The van der Waals surface area contributed by atoms with Gasteiger partial charge in [0.2, 0.25) is 20.0 Å². The van der Waals surface area contributed by atoms with Gasteiger partial charge in [0.05, 0.1) is 40.1 Å². The molecule has 13 heteroatoms. The van der Waals surface area contributed by atoms with Crippen molar-refractivity contribution in [3.8, 4) is 5.75 Å². The number of ether oxygens (including phenoxy) is 2. The van der Waals surface area contributed by atoms with E-state index in [0.717, 1.165) is 19.3 Å². The minimum Gasteiger partial charge on any atom is -0.492 e. The largest absolute Gasteiger partial charge is 0.492 e. The molecule has 0 spiro atoms. The van der Waals surface area contributed by atoms with Gasteiger partial charge in [-0.15, -0.1) is 0 Å². The van der Waals surface area contributed by atoms with Crippen LogP contribution in [0.4, 0.5) is 0 Å². The minimum absolute atomic E-state index is 0.0346. The molecule has 0 aromatic heterocycles. The van der Waals surface area contributed by atoms with E-state index in [0.29, 0.717) is 45.1 Å². The van der Waals surface area contributed by atoms with Crippen LogP contribution in [0.2, 0.25) is 5.02 Å². The summed E-state index contributed by atoms with van der Waals surface area (Å²) >= 11 is 6.18. The number of sulfonamides is 2. The second kappa shape index (κ2) is 12.1. The Bertz CT molecular complexity index is 1310. The Hall–Kier alpha value is -2.22. The Morgan fingerprint density at radius 1 is 0.865 bits per heavy atom. The SMILES string of the molecule is O=C(NCCOc1ccc(S(=O)(=O)N2CCOCC2)cc1)c1cc(S(=O)(=O)N2CCCCC2)ccc1Cl. The maximum absolute atomic E-state index is 13.0. The quantitative estimate of drug-likeness (QED) is 0.458. The Labute approximate surface area is 222 Å². The third-order valence-electron chi connectivity index (χ3n) is 6.22. The van der Waals surface area contributed by atoms with Crippen molar-refractivity contribution >= 4 is 37.6 Å². The van der Waals surface area contributed by atoms with Gasteiger partial charge < -0.3 is 14.8 Å². The van der Waals surface area contributed by atoms with Crippen LogP contribution in [0.3, 0.4) is 0 Å². The van der Waals surface area contributed by atoms with Crippen LogP contribution in [0.5, 0.6) is 5.75 Å². The highest BCUT2D eigenvalue weighted by molar-refractivity contribution is 7.89. The molecule has 4 rings (SSSR count). The van der Waals surface area contributed by atoms with Gasteiger partial charge in [0.25, 0.3) is 5.91 Å². The smallest absolute Gasteiger partial charge is 0.252 e. The zero-order valence-corrected chi connectivity index (χ0v) is 22.7. The third kappa shape index (κ3) is 6.62. The highest BCUT2D eigenvalue weighted by Gasteiger charge is 2.28. The van der Waals surface area contributed by atoms with Crippen molar-refractivity contribution in [1.29, 1.82) is 0 Å². The summed E-state index contributed by atoms with van der Waals surface area (Å²) in [7, 11) is -7.29. The number of piperidine rings is 1. The van der Waals surface area contributed by atoms with Gasteiger partial charge in [-0.25, -0.2) is 16.8 Å². The van der Waals surface area contributed by atoms with Gasteiger partial charge in [-0.05, 0) is 55.3 Å². The number of benzene rings is 2. The number of amides is 1. The van der Waals surface area contributed by atoms with Crippen LogP contribution in [0.15, 0.2) is 52.3 Å². The first kappa shape index (κ1) is 27.8. The number of halogens is 1. The van der Waals surface area contributed by atoms with Crippen molar-refractivity contribution in [2.45, 2.75) is 29.1 Å². The van der Waals surface area contributed by atoms with Crippen molar-refractivity contribution in [1.82, 2.24) is 13.9 Å². The number of rotatable bonds is 9. The monoisotopic (exact) mass is 571 g/mol. The summed E-state index contributed by atoms with van der Waals surface area (Å²) in [6.45, 7) is 2.55. The summed E-state index contributed by atoms with van der Waals surface area (Å²) in [4.78, 5) is 12.9. The van der Waals surface area contributed by atoms with Crippen LogP contribution >= 0.6 is 11.6 Å². The van der Waals surface area contributed by atoms with E-state index in [9.17, 15) is 21.6 Å². The lowest BCUT2D eigenvalue weighted by Gasteiger charge is -2.26. The zero-order valence-electron chi connectivity index (χ0n) is 20.3. The molecule has 2 fully saturated rings. The van der Waals surface area contributed by atoms with Crippen molar-refractivity contribution in [2.75, 3.05) is 52.5 Å². The fourth-order valence-corrected chi connectivity index (χ4v) is 7.32. The van der Waals surface area contributed by atoms with E-state index in [4.69, 9.17) is 21.1 Å². The molecule has 2 aliphatic heterocycles. The van der Waals surface area contributed by atoms with Gasteiger partial charge in [0.15, 0.2) is 0 Å². The fourth-order valence-electron chi connectivity index (χ4n) is 4.17. The molecule has 2 aromatic carbocycles. The van der Waals surface area contributed by atoms with E-state index in [1.54, 1.807) is 12.1 Å². The van der Waals surface area contributed by atoms with E-state index >= 15 is 0 Å². The highest BCUT2D eigenvalue weighted by atomic mass is 35.5. The van der Waals surface area contributed by atoms with Gasteiger partial charge in [-0.1, -0.05) is 18.0 Å². The van der Waals surface area contributed by atoms with Gasteiger partial charge >= 0.3 is 0 Å². The maximum atomic E-state index is 13.0. The second-order valence-corrected chi connectivity index (χ2v) is 13.0. The van der Waals surface area contributed by atoms with E-state index < -0.39 is 26.0 Å². The number of carbonyl (C=O) groups is 1. The summed E-state index contributed by atoms with van der Waals surface area (Å²) < 4.78 is 65.0. The average Bonchev–Trinajstić information content (AvgIpc) is 2.92. The molecule has 37 heavy (non-hydrogen) atoms. The Morgan fingerprint density at radius 2 is 1.46 bits per heavy atom. The van der Waals surface area contributed by atoms with Crippen LogP contribution in [0.25, 0.3) is 0 Å². The van der Waals surface area contributed by atoms with Crippen molar-refractivity contribution in [2.24, 2.45) is 0 Å². The number of morpholine rings is 1. The standard InChI is InChI=1S/C24H30ClN3O7S2/c25-23-9-8-21(37(32,33)27-11-2-1-3-12-27)18-22(23)24(29)26-10-15-35-19-4-6-20(7-5-19)36(30,31)28-13-16-34-17-14-28/h4-9,18H,1-3,10-17H2,(H,26,29). The number of nitrogens with zero attached hydrogens (tertiary/aromatic N) is 2. The normalized spacial score (nSPS) is 17.9. The summed E-state index contributed by atoms with van der Waals surface area (Å²) in [5.41, 5.74) is 0.0671. The molecule has 2 saturated heterocycles. The molecular weight excluding hydrogens is 542 g/mol. The number of hydrogen-bond donors (Lipinski definition) is 1. The number of hydrogen-bond acceptors (Lipinski definition) is 7. The average molecular weight is 572 g/mol. The first-order valence-electron chi connectivity index (χ1n) is 12.1. The Morgan fingerprint density at radius 3 is 2.14 bits per heavy atom. The van der Waals surface area contributed by atoms with Crippen LogP contribution in [0, 0.1) is 0 Å². The van der Waals surface area contributed by atoms with E-state index in [1.165, 1.54) is 38.9 Å². The maximum Gasteiger partial charge on any atom is 0.252 e. The van der Waals surface area contributed by atoms with Crippen molar-refractivity contribution in [3.05, 3.63) is 53.1 Å². The summed E-state index contributed by atoms with van der Waals surface area (Å²) in [6, 6.07) is 10.2. The lowest BCUT2D eigenvalue weighted by Crippen LogP contribution is -2.40. The van der Waals surface area contributed by atoms with E-state index in [1.807, 2.05) is 0 Å². The Balaban J connectivity index is 1.31. The van der Waals surface area contributed by atoms with Gasteiger partial charge in [-0.2, -0.15) is 8.61 Å². The highest BCUT2D eigenvalue weighted by Crippen LogP contribution is 2.25.